The van der Waals surface area contributed by atoms with Gasteiger partial charge in [-0.15, -0.1) is 0 Å². The van der Waals surface area contributed by atoms with Crippen molar-refractivity contribution >= 4 is 11.9 Å². The molecule has 1 N–H and O–H groups in total. The molecule has 1 aromatic carbocycles. The Morgan fingerprint density at radius 2 is 1.83 bits per heavy atom. The average molecular weight is 399 g/mol. The van der Waals surface area contributed by atoms with Gasteiger partial charge in [-0.05, 0) is 35.7 Å². The molecule has 0 radical (unpaired) electrons. The molecule has 7 nitrogen and oxygen atoms in total. The summed E-state index contributed by atoms with van der Waals surface area (Å²) in [6, 6.07) is 11.7. The Morgan fingerprint density at radius 3 is 2.41 bits per heavy atom. The summed E-state index contributed by atoms with van der Waals surface area (Å²) >= 11 is 0. The minimum atomic E-state index is -0.0607. The second-order valence-corrected chi connectivity index (χ2v) is 7.30. The van der Waals surface area contributed by atoms with Gasteiger partial charge in [-0.2, -0.15) is 0 Å². The van der Waals surface area contributed by atoms with Crippen molar-refractivity contribution in [3.05, 3.63) is 54.0 Å². The summed E-state index contributed by atoms with van der Waals surface area (Å²) in [6.45, 7) is 8.29. The van der Waals surface area contributed by atoms with Gasteiger partial charge < -0.3 is 24.3 Å². The van der Waals surface area contributed by atoms with Crippen LogP contribution in [0.4, 0.5) is 0 Å². The van der Waals surface area contributed by atoms with Crippen LogP contribution in [-0.4, -0.2) is 68.0 Å². The zero-order valence-electron chi connectivity index (χ0n) is 17.4. The first-order chi connectivity index (χ1) is 14.1. The fourth-order valence-corrected chi connectivity index (χ4v) is 3.29. The number of nitrogens with one attached hydrogen (secondary N) is 1. The summed E-state index contributed by atoms with van der Waals surface area (Å²) in [5.74, 6) is 2.54. The topological polar surface area (TPSA) is 70.3 Å². The van der Waals surface area contributed by atoms with Crippen LogP contribution in [0.15, 0.2) is 52.1 Å². The van der Waals surface area contributed by atoms with Gasteiger partial charge in [0.05, 0.1) is 12.8 Å². The maximum Gasteiger partial charge on any atom is 0.289 e. The summed E-state index contributed by atoms with van der Waals surface area (Å²) in [5, 5.41) is 3.34. The molecule has 0 spiro atoms. The molecule has 3 rings (SSSR count). The van der Waals surface area contributed by atoms with E-state index >= 15 is 0 Å². The Kier molecular flexibility index (Phi) is 7.16. The van der Waals surface area contributed by atoms with Crippen LogP contribution in [0.25, 0.3) is 0 Å². The van der Waals surface area contributed by atoms with Crippen molar-refractivity contribution in [2.75, 3.05) is 46.4 Å². The molecule has 0 aliphatic carbocycles. The number of benzene rings is 1. The van der Waals surface area contributed by atoms with Crippen molar-refractivity contribution < 1.29 is 13.9 Å². The van der Waals surface area contributed by atoms with Gasteiger partial charge in [0.2, 0.25) is 0 Å². The van der Waals surface area contributed by atoms with Crippen molar-refractivity contribution in [1.82, 2.24) is 15.1 Å². The van der Waals surface area contributed by atoms with Gasteiger partial charge in [-0.1, -0.05) is 26.0 Å². The molecule has 29 heavy (non-hydrogen) atoms. The second kappa shape index (κ2) is 10.0. The van der Waals surface area contributed by atoms with E-state index in [4.69, 9.17) is 9.15 Å². The number of ether oxygens (including phenoxy) is 1. The van der Waals surface area contributed by atoms with E-state index in [0.29, 0.717) is 37.9 Å². The number of piperazine rings is 1. The summed E-state index contributed by atoms with van der Waals surface area (Å²) < 4.78 is 11.0. The van der Waals surface area contributed by atoms with E-state index in [0.717, 1.165) is 24.8 Å². The lowest BCUT2D eigenvalue weighted by Gasteiger charge is -2.36. The monoisotopic (exact) mass is 398 g/mol. The lowest BCUT2D eigenvalue weighted by molar-refractivity contribution is 0.0657. The Bertz CT molecular complexity index is 792. The van der Waals surface area contributed by atoms with Crippen LogP contribution in [0.2, 0.25) is 0 Å². The van der Waals surface area contributed by atoms with Crippen LogP contribution in [0.3, 0.4) is 0 Å². The predicted octanol–water partition coefficient (Wildman–Crippen LogP) is 2.82. The fourth-order valence-electron chi connectivity index (χ4n) is 3.29. The molecule has 1 saturated heterocycles. The molecule has 0 saturated carbocycles. The van der Waals surface area contributed by atoms with Crippen LogP contribution in [0.1, 0.15) is 35.9 Å². The molecule has 0 unspecified atom stereocenters. The van der Waals surface area contributed by atoms with E-state index in [1.165, 1.54) is 11.8 Å². The molecule has 1 amide bonds. The highest BCUT2D eigenvalue weighted by atomic mass is 16.5. The SMILES string of the molecule is CN=C(NCCOc1ccc(C(C)C)cc1)N1CCN(C(=O)c2ccco2)CC1. The number of hydrogen-bond donors (Lipinski definition) is 1. The normalized spacial score (nSPS) is 15.0. The van der Waals surface area contributed by atoms with Crippen LogP contribution in [0.5, 0.6) is 5.75 Å². The molecular formula is C22H30N4O3. The van der Waals surface area contributed by atoms with Gasteiger partial charge in [-0.25, -0.2) is 0 Å². The number of hydrogen-bond acceptors (Lipinski definition) is 4. The Morgan fingerprint density at radius 1 is 1.14 bits per heavy atom. The first-order valence-electron chi connectivity index (χ1n) is 10.1. The highest BCUT2D eigenvalue weighted by Crippen LogP contribution is 2.18. The molecule has 0 bridgehead atoms. The lowest BCUT2D eigenvalue weighted by Crippen LogP contribution is -2.54. The Hall–Kier alpha value is -2.96. The minimum Gasteiger partial charge on any atom is -0.492 e. The highest BCUT2D eigenvalue weighted by Gasteiger charge is 2.25. The number of rotatable bonds is 6. The third-order valence-electron chi connectivity index (χ3n) is 5.01. The van der Waals surface area contributed by atoms with Gasteiger partial charge in [0.25, 0.3) is 5.91 Å². The maximum absolute atomic E-state index is 12.4. The zero-order chi connectivity index (χ0) is 20.6. The van der Waals surface area contributed by atoms with Crippen molar-refractivity contribution in [3.63, 3.8) is 0 Å². The Balaban J connectivity index is 1.40. The quantitative estimate of drug-likeness (QED) is 0.460. The molecule has 1 aliphatic rings. The van der Waals surface area contributed by atoms with Crippen LogP contribution in [0, 0.1) is 0 Å². The third-order valence-corrected chi connectivity index (χ3v) is 5.01. The van der Waals surface area contributed by atoms with E-state index in [-0.39, 0.29) is 5.91 Å². The largest absolute Gasteiger partial charge is 0.492 e. The molecular weight excluding hydrogens is 368 g/mol. The smallest absolute Gasteiger partial charge is 0.289 e. The number of aliphatic imine (C=N–C) groups is 1. The number of nitrogens with zero attached hydrogens (tertiary/aromatic N) is 3. The second-order valence-electron chi connectivity index (χ2n) is 7.30. The molecule has 1 aliphatic heterocycles. The van der Waals surface area contributed by atoms with Gasteiger partial charge in [0.1, 0.15) is 12.4 Å². The number of carbonyl (C=O) groups excluding carboxylic acids is 1. The average Bonchev–Trinajstić information content (AvgIpc) is 3.29. The van der Waals surface area contributed by atoms with Gasteiger partial charge >= 0.3 is 0 Å². The van der Waals surface area contributed by atoms with Gasteiger partial charge in [0, 0.05) is 33.2 Å². The lowest BCUT2D eigenvalue weighted by atomic mass is 10.0. The van der Waals surface area contributed by atoms with Crippen LogP contribution in [-0.2, 0) is 0 Å². The summed E-state index contributed by atoms with van der Waals surface area (Å²) in [4.78, 5) is 20.7. The van der Waals surface area contributed by atoms with E-state index in [2.05, 4.69) is 41.2 Å². The standard InChI is InChI=1S/C22H30N4O3/c1-17(2)18-6-8-19(9-7-18)28-16-10-24-22(23-3)26-13-11-25(12-14-26)21(27)20-5-4-15-29-20/h4-9,15,17H,10-14,16H2,1-3H3,(H,23,24). The highest BCUT2D eigenvalue weighted by molar-refractivity contribution is 5.91. The first-order valence-corrected chi connectivity index (χ1v) is 10.1. The summed E-state index contributed by atoms with van der Waals surface area (Å²) in [7, 11) is 1.77. The van der Waals surface area contributed by atoms with Crippen molar-refractivity contribution in [2.45, 2.75) is 19.8 Å². The van der Waals surface area contributed by atoms with E-state index in [1.807, 2.05) is 17.0 Å². The van der Waals surface area contributed by atoms with E-state index < -0.39 is 0 Å². The number of guanidine groups is 1. The van der Waals surface area contributed by atoms with Crippen LogP contribution >= 0.6 is 0 Å². The van der Waals surface area contributed by atoms with Gasteiger partial charge in [-0.3, -0.25) is 9.79 Å². The van der Waals surface area contributed by atoms with Crippen LogP contribution < -0.4 is 10.1 Å². The first kappa shape index (κ1) is 20.8. The summed E-state index contributed by atoms with van der Waals surface area (Å²) in [5.41, 5.74) is 1.31. The molecule has 2 heterocycles. The van der Waals surface area contributed by atoms with Crippen molar-refractivity contribution in [2.24, 2.45) is 4.99 Å². The van der Waals surface area contributed by atoms with Crippen molar-refractivity contribution in [1.29, 1.82) is 0 Å². The van der Waals surface area contributed by atoms with Gasteiger partial charge in [0.15, 0.2) is 11.7 Å². The number of furan rings is 1. The van der Waals surface area contributed by atoms with Crippen molar-refractivity contribution in [3.8, 4) is 5.75 Å². The maximum atomic E-state index is 12.4. The number of carbonyl (C=O) groups is 1. The molecule has 0 atom stereocenters. The minimum absolute atomic E-state index is 0.0607. The molecule has 1 aromatic heterocycles. The zero-order valence-corrected chi connectivity index (χ0v) is 17.4. The molecule has 7 heteroatoms. The molecule has 2 aromatic rings. The van der Waals surface area contributed by atoms with E-state index in [9.17, 15) is 4.79 Å². The van der Waals surface area contributed by atoms with E-state index in [1.54, 1.807) is 19.2 Å². The fraction of sp³-hybridized carbons (Fsp3) is 0.455. The third kappa shape index (κ3) is 5.53. The molecule has 1 fully saturated rings. The predicted molar refractivity (Wildman–Crippen MR) is 114 cm³/mol. The summed E-state index contributed by atoms with van der Waals surface area (Å²) in [6.07, 6.45) is 1.52. The molecule has 156 valence electrons. The Labute approximate surface area is 172 Å². The number of amides is 1.